The number of hydrogen-bond donors (Lipinski definition) is 0. The van der Waals surface area contributed by atoms with Crippen LogP contribution in [-0.4, -0.2) is 16.8 Å². The summed E-state index contributed by atoms with van der Waals surface area (Å²) in [5.74, 6) is 3.79. The van der Waals surface area contributed by atoms with Crippen LogP contribution >= 0.6 is 11.8 Å². The minimum atomic E-state index is 0.264. The van der Waals surface area contributed by atoms with Crippen molar-refractivity contribution in [2.24, 2.45) is 28.7 Å². The van der Waals surface area contributed by atoms with Crippen LogP contribution in [0.25, 0.3) is 0 Å². The molecule has 1 aromatic rings. The molecule has 21 heavy (non-hydrogen) atoms. The molecule has 4 aliphatic carbocycles. The van der Waals surface area contributed by atoms with Crippen LogP contribution in [-0.2, 0) is 6.42 Å². The fourth-order valence-electron chi connectivity index (χ4n) is 6.10. The Morgan fingerprint density at radius 2 is 1.67 bits per heavy atom. The molecular formula is C19H23NS. The zero-order chi connectivity index (χ0) is 14.0. The van der Waals surface area contributed by atoms with E-state index in [1.807, 2.05) is 11.8 Å². The Morgan fingerprint density at radius 3 is 2.33 bits per heavy atom. The molecule has 2 heteroatoms. The Balaban J connectivity index is 1.64. The summed E-state index contributed by atoms with van der Waals surface area (Å²) in [6, 6.07) is 9.01. The average molecular weight is 297 g/mol. The van der Waals surface area contributed by atoms with Gasteiger partial charge in [-0.1, -0.05) is 24.3 Å². The predicted molar refractivity (Wildman–Crippen MR) is 90.0 cm³/mol. The van der Waals surface area contributed by atoms with E-state index in [-0.39, 0.29) is 5.54 Å². The molecule has 1 heterocycles. The zero-order valence-electron chi connectivity index (χ0n) is 12.7. The van der Waals surface area contributed by atoms with Gasteiger partial charge in [0.1, 0.15) is 0 Å². The molecule has 0 unspecified atom stereocenters. The first-order chi connectivity index (χ1) is 10.3. The third kappa shape index (κ3) is 1.69. The van der Waals surface area contributed by atoms with Crippen molar-refractivity contribution in [2.75, 3.05) is 6.26 Å². The molecule has 0 N–H and O–H groups in total. The van der Waals surface area contributed by atoms with Gasteiger partial charge in [0, 0.05) is 5.56 Å². The number of nitrogens with zero attached hydrogens (tertiary/aromatic N) is 1. The van der Waals surface area contributed by atoms with Gasteiger partial charge in [-0.15, -0.1) is 11.8 Å². The molecule has 4 saturated carbocycles. The summed E-state index contributed by atoms with van der Waals surface area (Å²) in [6.07, 6.45) is 10.8. The number of fused-ring (bicyclic) bond motifs is 1. The van der Waals surface area contributed by atoms with Gasteiger partial charge in [0.05, 0.1) is 10.6 Å². The van der Waals surface area contributed by atoms with Crippen LogP contribution < -0.4 is 0 Å². The van der Waals surface area contributed by atoms with Crippen molar-refractivity contribution < 1.29 is 0 Å². The zero-order valence-corrected chi connectivity index (χ0v) is 13.5. The molecule has 0 saturated heterocycles. The number of thioether (sulfide) groups is 1. The summed E-state index contributed by atoms with van der Waals surface area (Å²) in [7, 11) is 0. The van der Waals surface area contributed by atoms with Gasteiger partial charge in [0.2, 0.25) is 0 Å². The largest absolute Gasteiger partial charge is 0.270 e. The highest BCUT2D eigenvalue weighted by molar-refractivity contribution is 8.13. The van der Waals surface area contributed by atoms with E-state index in [4.69, 9.17) is 4.99 Å². The first kappa shape index (κ1) is 12.8. The third-order valence-corrected chi connectivity index (χ3v) is 7.47. The maximum absolute atomic E-state index is 5.45. The minimum Gasteiger partial charge on any atom is -0.270 e. The van der Waals surface area contributed by atoms with Crippen molar-refractivity contribution >= 4 is 16.8 Å². The summed E-state index contributed by atoms with van der Waals surface area (Å²) < 4.78 is 0. The van der Waals surface area contributed by atoms with E-state index in [2.05, 4.69) is 30.5 Å². The Kier molecular flexibility index (Phi) is 2.66. The number of aliphatic imine (C=N–C) groups is 1. The van der Waals surface area contributed by atoms with Crippen LogP contribution in [0.5, 0.6) is 0 Å². The van der Waals surface area contributed by atoms with E-state index in [1.54, 1.807) is 5.56 Å². The highest BCUT2D eigenvalue weighted by atomic mass is 32.2. The standard InChI is InChI=1S/C19H23NS/c1-21-18-17-5-3-2-4-14(17)11-19(20-18)15-7-12-6-13(9-15)10-16(19)8-12/h2-5,12-13,15-16H,6-11H2,1H3. The quantitative estimate of drug-likeness (QED) is 0.684. The molecule has 4 bridgehead atoms. The Morgan fingerprint density at radius 1 is 1.00 bits per heavy atom. The molecule has 1 aromatic carbocycles. The first-order valence-corrected chi connectivity index (χ1v) is 9.73. The maximum atomic E-state index is 5.45. The van der Waals surface area contributed by atoms with E-state index in [0.717, 1.165) is 23.7 Å². The normalized spacial score (nSPS) is 43.0. The van der Waals surface area contributed by atoms with E-state index in [1.165, 1.54) is 49.1 Å². The van der Waals surface area contributed by atoms with E-state index in [0.29, 0.717) is 0 Å². The lowest BCUT2D eigenvalue weighted by Gasteiger charge is -2.60. The lowest BCUT2D eigenvalue weighted by molar-refractivity contribution is -0.0539. The van der Waals surface area contributed by atoms with Gasteiger partial charge in [0.25, 0.3) is 0 Å². The van der Waals surface area contributed by atoms with Crippen LogP contribution in [0.2, 0.25) is 0 Å². The van der Waals surface area contributed by atoms with E-state index in [9.17, 15) is 0 Å². The highest BCUT2D eigenvalue weighted by Gasteiger charge is 2.58. The average Bonchev–Trinajstić information content (AvgIpc) is 2.51. The smallest absolute Gasteiger partial charge is 0.0984 e. The lowest BCUT2D eigenvalue weighted by Crippen LogP contribution is -2.58. The van der Waals surface area contributed by atoms with Gasteiger partial charge >= 0.3 is 0 Å². The molecular weight excluding hydrogens is 274 g/mol. The van der Waals surface area contributed by atoms with Crippen molar-refractivity contribution in [3.05, 3.63) is 35.4 Å². The molecule has 1 aliphatic heterocycles. The molecule has 1 nitrogen and oxygen atoms in total. The molecule has 1 spiro atoms. The second-order valence-electron chi connectivity index (χ2n) is 7.75. The van der Waals surface area contributed by atoms with Gasteiger partial charge < -0.3 is 0 Å². The SMILES string of the molecule is CSC1=NC2(Cc3ccccc31)C1CC3CC(C1)CC2C3. The summed E-state index contributed by atoms with van der Waals surface area (Å²) in [5, 5.41) is 1.31. The molecule has 4 fully saturated rings. The van der Waals surface area contributed by atoms with Gasteiger partial charge in [-0.05, 0) is 74.0 Å². The second kappa shape index (κ2) is 4.38. The Labute approximate surface area is 131 Å². The van der Waals surface area contributed by atoms with Crippen LogP contribution in [0.3, 0.4) is 0 Å². The molecule has 5 aliphatic rings. The van der Waals surface area contributed by atoms with Crippen LogP contribution in [0.15, 0.2) is 29.3 Å². The van der Waals surface area contributed by atoms with Crippen molar-refractivity contribution in [2.45, 2.75) is 44.1 Å². The number of rotatable bonds is 0. The van der Waals surface area contributed by atoms with Gasteiger partial charge in [0.15, 0.2) is 0 Å². The first-order valence-electron chi connectivity index (χ1n) is 8.50. The van der Waals surface area contributed by atoms with E-state index < -0.39 is 0 Å². The van der Waals surface area contributed by atoms with Crippen LogP contribution in [0.1, 0.15) is 43.2 Å². The van der Waals surface area contributed by atoms with Gasteiger partial charge in [-0.2, -0.15) is 0 Å². The number of hydrogen-bond acceptors (Lipinski definition) is 2. The van der Waals surface area contributed by atoms with Crippen molar-refractivity contribution in [1.29, 1.82) is 0 Å². The fraction of sp³-hybridized carbons (Fsp3) is 0.632. The van der Waals surface area contributed by atoms with Gasteiger partial charge in [-0.25, -0.2) is 0 Å². The monoisotopic (exact) mass is 297 g/mol. The molecule has 6 rings (SSSR count). The molecule has 0 amide bonds. The molecule has 110 valence electrons. The third-order valence-electron chi connectivity index (χ3n) is 6.78. The molecule has 0 radical (unpaired) electrons. The van der Waals surface area contributed by atoms with E-state index >= 15 is 0 Å². The van der Waals surface area contributed by atoms with Crippen LogP contribution in [0, 0.1) is 23.7 Å². The Hall–Kier alpha value is -0.760. The molecule has 0 aromatic heterocycles. The topological polar surface area (TPSA) is 12.4 Å². The van der Waals surface area contributed by atoms with Crippen molar-refractivity contribution in [1.82, 2.24) is 0 Å². The highest BCUT2D eigenvalue weighted by Crippen LogP contribution is 2.61. The maximum Gasteiger partial charge on any atom is 0.0984 e. The summed E-state index contributed by atoms with van der Waals surface area (Å²) >= 11 is 1.86. The summed E-state index contributed by atoms with van der Waals surface area (Å²) in [4.78, 5) is 5.45. The second-order valence-corrected chi connectivity index (χ2v) is 8.55. The summed E-state index contributed by atoms with van der Waals surface area (Å²) in [6.45, 7) is 0. The van der Waals surface area contributed by atoms with Crippen molar-refractivity contribution in [3.8, 4) is 0 Å². The van der Waals surface area contributed by atoms with Gasteiger partial charge in [-0.3, -0.25) is 4.99 Å². The van der Waals surface area contributed by atoms with Crippen molar-refractivity contribution in [3.63, 3.8) is 0 Å². The fourth-order valence-corrected chi connectivity index (χ4v) is 6.78. The lowest BCUT2D eigenvalue weighted by atomic mass is 9.47. The number of benzene rings is 1. The predicted octanol–water partition coefficient (Wildman–Crippen LogP) is 4.55. The Bertz CT molecular complexity index is 590. The minimum absolute atomic E-state index is 0.264. The molecule has 0 atom stereocenters. The summed E-state index contributed by atoms with van der Waals surface area (Å²) in [5.41, 5.74) is 3.23. The van der Waals surface area contributed by atoms with Crippen LogP contribution in [0.4, 0.5) is 0 Å².